The van der Waals surface area contributed by atoms with Gasteiger partial charge in [-0.1, -0.05) is 42.3 Å². The number of nitrogens with zero attached hydrogens (tertiary/aromatic N) is 2. The first-order chi connectivity index (χ1) is 11.9. The number of H-pyrrole nitrogens is 1. The first-order valence-electron chi connectivity index (χ1n) is 8.86. The summed E-state index contributed by atoms with van der Waals surface area (Å²) in [7, 11) is -1.13. The van der Waals surface area contributed by atoms with Crippen LogP contribution in [0.5, 0.6) is 0 Å². The van der Waals surface area contributed by atoms with E-state index < -0.39 is 15.7 Å². The molecule has 0 aliphatic carbocycles. The summed E-state index contributed by atoms with van der Waals surface area (Å²) in [4.78, 5) is 8.08. The zero-order valence-corrected chi connectivity index (χ0v) is 16.1. The van der Waals surface area contributed by atoms with Crippen molar-refractivity contribution in [3.8, 4) is 11.3 Å². The Balaban J connectivity index is 1.87. The van der Waals surface area contributed by atoms with Gasteiger partial charge in [-0.2, -0.15) is 0 Å². The minimum absolute atomic E-state index is 0.0630. The predicted octanol–water partition coefficient (Wildman–Crippen LogP) is 4.54. The quantitative estimate of drug-likeness (QED) is 0.799. The largest absolute Gasteiger partial charge is 0.341 e. The van der Waals surface area contributed by atoms with Crippen molar-refractivity contribution in [1.29, 1.82) is 0 Å². The number of rotatable bonds is 5. The van der Waals surface area contributed by atoms with Crippen LogP contribution in [0.25, 0.3) is 11.3 Å². The lowest BCUT2D eigenvalue weighted by atomic mass is 10.0. The Morgan fingerprint density at radius 2 is 2.04 bits per heavy atom. The first kappa shape index (κ1) is 18.1. The summed E-state index contributed by atoms with van der Waals surface area (Å²) >= 11 is 0. The number of piperidine rings is 1. The normalized spacial score (nSPS) is 20.4. The number of nitrogens with one attached hydrogen (secondary N) is 1. The van der Waals surface area contributed by atoms with E-state index in [1.165, 1.54) is 5.56 Å². The Labute approximate surface area is 153 Å². The summed E-state index contributed by atoms with van der Waals surface area (Å²) in [6, 6.07) is 8.47. The summed E-state index contributed by atoms with van der Waals surface area (Å²) in [5.74, 6) is 0.906. The van der Waals surface area contributed by atoms with Gasteiger partial charge in [0, 0.05) is 6.54 Å². The molecule has 0 bridgehead atoms. The lowest BCUT2D eigenvalue weighted by Crippen LogP contribution is -2.43. The highest BCUT2D eigenvalue weighted by Gasteiger charge is 2.36. The lowest BCUT2D eigenvalue weighted by Gasteiger charge is -2.37. The van der Waals surface area contributed by atoms with Crippen LogP contribution < -0.4 is 0 Å². The van der Waals surface area contributed by atoms with Gasteiger partial charge in [0.05, 0.1) is 22.7 Å². The summed E-state index contributed by atoms with van der Waals surface area (Å²) < 4.78 is 14.7. The van der Waals surface area contributed by atoms with E-state index >= 15 is 0 Å². The highest BCUT2D eigenvalue weighted by molar-refractivity contribution is 7.84. The second-order valence-corrected chi connectivity index (χ2v) is 9.28. The molecule has 3 rings (SSSR count). The van der Waals surface area contributed by atoms with E-state index in [2.05, 4.69) is 52.0 Å². The van der Waals surface area contributed by atoms with Crippen LogP contribution in [0.15, 0.2) is 43.1 Å². The summed E-state index contributed by atoms with van der Waals surface area (Å²) in [5, 5.41) is 0. The van der Waals surface area contributed by atoms with Gasteiger partial charge in [0.2, 0.25) is 0 Å². The maximum Gasteiger partial charge on any atom is 0.124 e. The van der Waals surface area contributed by atoms with Crippen LogP contribution >= 0.6 is 0 Å². The van der Waals surface area contributed by atoms with Gasteiger partial charge < -0.3 is 4.98 Å². The van der Waals surface area contributed by atoms with E-state index in [0.717, 1.165) is 42.9 Å². The Kier molecular flexibility index (Phi) is 5.25. The van der Waals surface area contributed by atoms with Gasteiger partial charge in [-0.05, 0) is 39.2 Å². The van der Waals surface area contributed by atoms with Crippen molar-refractivity contribution in [3.63, 3.8) is 0 Å². The van der Waals surface area contributed by atoms with Crippen molar-refractivity contribution >= 4 is 11.0 Å². The Bertz CT molecular complexity index is 764. The third-order valence-corrected chi connectivity index (χ3v) is 6.81. The number of aryl methyl sites for hydroxylation is 1. The Morgan fingerprint density at radius 1 is 1.32 bits per heavy atom. The third kappa shape index (κ3) is 3.77. The number of aromatic nitrogens is 2. The van der Waals surface area contributed by atoms with Gasteiger partial charge >= 0.3 is 0 Å². The fraction of sp³-hybridized carbons (Fsp3) is 0.450. The van der Waals surface area contributed by atoms with Crippen LogP contribution in [-0.4, -0.2) is 29.8 Å². The fourth-order valence-corrected chi connectivity index (χ4v) is 4.61. The molecule has 1 fully saturated rings. The Morgan fingerprint density at radius 3 is 2.72 bits per heavy atom. The molecule has 0 amide bonds. The number of hydrogen-bond acceptors (Lipinski definition) is 2. The maximum absolute atomic E-state index is 13.1. The molecular formula is C20H27N3OS. The molecule has 0 spiro atoms. The highest BCUT2D eigenvalue weighted by Crippen LogP contribution is 2.34. The molecule has 1 aromatic heterocycles. The smallest absolute Gasteiger partial charge is 0.124 e. The average molecular weight is 358 g/mol. The molecule has 1 N–H and O–H groups in total. The van der Waals surface area contributed by atoms with Gasteiger partial charge in [-0.15, -0.1) is 6.58 Å². The average Bonchev–Trinajstić information content (AvgIpc) is 3.11. The van der Waals surface area contributed by atoms with Gasteiger partial charge in [-0.25, -0.2) is 13.5 Å². The molecule has 1 aromatic carbocycles. The van der Waals surface area contributed by atoms with E-state index in [9.17, 15) is 4.21 Å². The zero-order chi connectivity index (χ0) is 18.0. The predicted molar refractivity (Wildman–Crippen MR) is 104 cm³/mol. The lowest BCUT2D eigenvalue weighted by molar-refractivity contribution is 0.256. The van der Waals surface area contributed by atoms with Crippen molar-refractivity contribution in [1.82, 2.24) is 14.3 Å². The van der Waals surface area contributed by atoms with Crippen LogP contribution in [-0.2, 0) is 11.0 Å². The van der Waals surface area contributed by atoms with Crippen LogP contribution in [0.2, 0.25) is 0 Å². The van der Waals surface area contributed by atoms with E-state index in [4.69, 9.17) is 0 Å². The molecule has 4 nitrogen and oxygen atoms in total. The Hall–Kier alpha value is -1.72. The minimum atomic E-state index is -1.13. The molecule has 25 heavy (non-hydrogen) atoms. The number of hydrogen-bond donors (Lipinski definition) is 1. The summed E-state index contributed by atoms with van der Waals surface area (Å²) in [6.07, 6.45) is 6.84. The SMILES string of the molecule is C=CC(C)(C)S(=O)N1CCCCC1c1ncc(-c2ccc(C)cc2)[nH]1. The molecular weight excluding hydrogens is 330 g/mol. The second kappa shape index (κ2) is 7.26. The van der Waals surface area contributed by atoms with E-state index in [1.54, 1.807) is 6.08 Å². The molecule has 2 aromatic rings. The van der Waals surface area contributed by atoms with Gasteiger partial charge in [0.1, 0.15) is 16.8 Å². The fourth-order valence-electron chi connectivity index (χ4n) is 3.14. The zero-order valence-electron chi connectivity index (χ0n) is 15.3. The summed E-state index contributed by atoms with van der Waals surface area (Å²) in [5.41, 5.74) is 3.37. The molecule has 1 aliphatic heterocycles. The third-order valence-electron chi connectivity index (χ3n) is 4.88. The van der Waals surface area contributed by atoms with E-state index in [0.29, 0.717) is 0 Å². The van der Waals surface area contributed by atoms with Gasteiger partial charge in [-0.3, -0.25) is 0 Å². The maximum atomic E-state index is 13.1. The van der Waals surface area contributed by atoms with Crippen molar-refractivity contribution in [2.24, 2.45) is 0 Å². The highest BCUT2D eigenvalue weighted by atomic mass is 32.2. The number of benzene rings is 1. The van der Waals surface area contributed by atoms with E-state index in [1.807, 2.05) is 20.0 Å². The molecule has 5 heteroatoms. The number of aromatic amines is 1. The monoisotopic (exact) mass is 357 g/mol. The van der Waals surface area contributed by atoms with Gasteiger partial charge in [0.15, 0.2) is 0 Å². The van der Waals surface area contributed by atoms with Crippen molar-refractivity contribution < 1.29 is 4.21 Å². The van der Waals surface area contributed by atoms with Crippen LogP contribution in [0, 0.1) is 6.92 Å². The first-order valence-corrected chi connectivity index (χ1v) is 9.97. The van der Waals surface area contributed by atoms with Crippen LogP contribution in [0.1, 0.15) is 50.5 Å². The molecule has 2 heterocycles. The molecule has 134 valence electrons. The molecule has 2 unspecified atom stereocenters. The molecule has 1 saturated heterocycles. The molecule has 0 saturated carbocycles. The van der Waals surface area contributed by atoms with Crippen molar-refractivity contribution in [3.05, 3.63) is 54.5 Å². The topological polar surface area (TPSA) is 49.0 Å². The number of imidazole rings is 1. The van der Waals surface area contributed by atoms with Crippen molar-refractivity contribution in [2.45, 2.75) is 50.8 Å². The molecule has 2 atom stereocenters. The second-order valence-electron chi connectivity index (χ2n) is 7.26. The standard InChI is InChI=1S/C20H27N3OS/c1-5-20(3,4)25(24)23-13-7-6-8-18(23)19-21-14-17(22-19)16-11-9-15(2)10-12-16/h5,9-12,14,18H,1,6-8,13H2,2-4H3,(H,21,22). The van der Waals surface area contributed by atoms with Crippen LogP contribution in [0.4, 0.5) is 0 Å². The molecule has 0 radical (unpaired) electrons. The summed E-state index contributed by atoms with van der Waals surface area (Å²) in [6.45, 7) is 10.7. The van der Waals surface area contributed by atoms with Gasteiger partial charge in [0.25, 0.3) is 0 Å². The van der Waals surface area contributed by atoms with Crippen LogP contribution in [0.3, 0.4) is 0 Å². The van der Waals surface area contributed by atoms with Crippen molar-refractivity contribution in [2.75, 3.05) is 6.54 Å². The van der Waals surface area contributed by atoms with E-state index in [-0.39, 0.29) is 6.04 Å². The molecule has 1 aliphatic rings. The minimum Gasteiger partial charge on any atom is -0.341 e.